The van der Waals surface area contributed by atoms with Gasteiger partial charge in [0.2, 0.25) is 11.7 Å². The van der Waals surface area contributed by atoms with E-state index in [4.69, 9.17) is 9.26 Å². The van der Waals surface area contributed by atoms with Gasteiger partial charge in [0.15, 0.2) is 0 Å². The summed E-state index contributed by atoms with van der Waals surface area (Å²) < 4.78 is 23.8. The van der Waals surface area contributed by atoms with Crippen molar-refractivity contribution in [1.82, 2.24) is 20.8 Å². The molecule has 0 aliphatic rings. The molecule has 2 N–H and O–H groups in total. The summed E-state index contributed by atoms with van der Waals surface area (Å²) in [5.41, 5.74) is 1.73. The molecule has 0 saturated heterocycles. The summed E-state index contributed by atoms with van der Waals surface area (Å²) in [5.74, 6) is 1.00. The number of carbonyl (C=O) groups excluding carboxylic acids is 1. The lowest BCUT2D eigenvalue weighted by Crippen LogP contribution is -2.39. The van der Waals surface area contributed by atoms with E-state index in [1.54, 1.807) is 19.1 Å². The molecule has 2 amide bonds. The van der Waals surface area contributed by atoms with E-state index in [2.05, 4.69) is 20.8 Å². The number of hydrogen-bond acceptors (Lipinski definition) is 5. The molecule has 28 heavy (non-hydrogen) atoms. The van der Waals surface area contributed by atoms with E-state index >= 15 is 0 Å². The van der Waals surface area contributed by atoms with Crippen LogP contribution in [-0.4, -0.2) is 29.3 Å². The number of aromatic nitrogens is 2. The molecule has 0 fully saturated rings. The largest absolute Gasteiger partial charge is 0.492 e. The summed E-state index contributed by atoms with van der Waals surface area (Å²) in [7, 11) is 0. The maximum absolute atomic E-state index is 13.0. The number of urea groups is 1. The maximum atomic E-state index is 13.0. The molecular weight excluding hydrogens is 363 g/mol. The molecule has 0 bridgehead atoms. The molecule has 0 aliphatic heterocycles. The quantitative estimate of drug-likeness (QED) is 0.607. The minimum Gasteiger partial charge on any atom is -0.492 e. The van der Waals surface area contributed by atoms with Crippen LogP contribution in [0.4, 0.5) is 9.18 Å². The van der Waals surface area contributed by atoms with Gasteiger partial charge >= 0.3 is 6.03 Å². The number of aryl methyl sites for hydroxylation is 1. The molecule has 7 nitrogen and oxygen atoms in total. The Bertz CT molecular complexity index is 927. The Hall–Kier alpha value is -3.42. The minimum absolute atomic E-state index is 0.255. The van der Waals surface area contributed by atoms with Crippen LogP contribution in [0.25, 0.3) is 11.4 Å². The van der Waals surface area contributed by atoms with Gasteiger partial charge in [0.1, 0.15) is 24.2 Å². The first kappa shape index (κ1) is 19.3. The highest BCUT2D eigenvalue weighted by atomic mass is 19.1. The van der Waals surface area contributed by atoms with Gasteiger partial charge in [-0.25, -0.2) is 9.18 Å². The topological polar surface area (TPSA) is 89.3 Å². The Morgan fingerprint density at radius 2 is 2.04 bits per heavy atom. The van der Waals surface area contributed by atoms with Gasteiger partial charge in [-0.2, -0.15) is 4.98 Å². The van der Waals surface area contributed by atoms with Crippen molar-refractivity contribution >= 4 is 6.03 Å². The second-order valence-electron chi connectivity index (χ2n) is 6.25. The van der Waals surface area contributed by atoms with Gasteiger partial charge in [0, 0.05) is 5.56 Å². The van der Waals surface area contributed by atoms with Crippen LogP contribution in [0.3, 0.4) is 0 Å². The van der Waals surface area contributed by atoms with Crippen molar-refractivity contribution in [3.8, 4) is 17.1 Å². The normalized spacial score (nSPS) is 11.7. The molecule has 1 heterocycles. The van der Waals surface area contributed by atoms with Crippen LogP contribution in [0.15, 0.2) is 53.1 Å². The predicted molar refractivity (Wildman–Crippen MR) is 101 cm³/mol. The summed E-state index contributed by atoms with van der Waals surface area (Å²) >= 11 is 0. The molecule has 146 valence electrons. The summed E-state index contributed by atoms with van der Waals surface area (Å²) in [6.45, 7) is 4.40. The van der Waals surface area contributed by atoms with Crippen molar-refractivity contribution in [1.29, 1.82) is 0 Å². The molecule has 8 heteroatoms. The number of carbonyl (C=O) groups is 1. The summed E-state index contributed by atoms with van der Waals surface area (Å²) in [6.07, 6.45) is 0. The average Bonchev–Trinajstić information content (AvgIpc) is 3.16. The van der Waals surface area contributed by atoms with Gasteiger partial charge < -0.3 is 19.9 Å². The van der Waals surface area contributed by atoms with E-state index in [1.165, 1.54) is 12.1 Å². The fourth-order valence-corrected chi connectivity index (χ4v) is 2.48. The fraction of sp³-hybridized carbons (Fsp3) is 0.250. The van der Waals surface area contributed by atoms with Gasteiger partial charge in [-0.3, -0.25) is 0 Å². The highest BCUT2D eigenvalue weighted by Gasteiger charge is 2.17. The number of halogens is 1. The van der Waals surface area contributed by atoms with Crippen molar-refractivity contribution in [2.24, 2.45) is 0 Å². The van der Waals surface area contributed by atoms with E-state index in [-0.39, 0.29) is 17.7 Å². The van der Waals surface area contributed by atoms with Crippen LogP contribution >= 0.6 is 0 Å². The van der Waals surface area contributed by atoms with Crippen LogP contribution in [0.5, 0.6) is 5.75 Å². The maximum Gasteiger partial charge on any atom is 0.315 e. The molecule has 0 spiro atoms. The van der Waals surface area contributed by atoms with Crippen LogP contribution in [0.1, 0.15) is 24.4 Å². The second kappa shape index (κ2) is 8.98. The number of amides is 2. The van der Waals surface area contributed by atoms with Crippen LogP contribution in [0, 0.1) is 12.7 Å². The molecule has 1 aromatic heterocycles. The van der Waals surface area contributed by atoms with Gasteiger partial charge in [-0.15, -0.1) is 0 Å². The lowest BCUT2D eigenvalue weighted by atomic mass is 10.2. The molecule has 1 atom stereocenters. The van der Waals surface area contributed by atoms with Crippen LogP contribution in [-0.2, 0) is 0 Å². The molecule has 0 radical (unpaired) electrons. The van der Waals surface area contributed by atoms with E-state index < -0.39 is 6.04 Å². The van der Waals surface area contributed by atoms with Crippen molar-refractivity contribution in [2.75, 3.05) is 13.2 Å². The monoisotopic (exact) mass is 384 g/mol. The SMILES string of the molecule is Cc1cccc(OCCNC(=O)NC(C)c2nc(-c3ccc(F)cc3)no2)c1. The zero-order valence-corrected chi connectivity index (χ0v) is 15.6. The highest BCUT2D eigenvalue weighted by Crippen LogP contribution is 2.19. The Balaban J connectivity index is 1.44. The van der Waals surface area contributed by atoms with Crippen molar-refractivity contribution in [2.45, 2.75) is 19.9 Å². The lowest BCUT2D eigenvalue weighted by Gasteiger charge is -2.12. The van der Waals surface area contributed by atoms with E-state index in [0.29, 0.717) is 24.5 Å². The highest BCUT2D eigenvalue weighted by molar-refractivity contribution is 5.74. The van der Waals surface area contributed by atoms with E-state index in [0.717, 1.165) is 11.3 Å². The minimum atomic E-state index is -0.487. The van der Waals surface area contributed by atoms with Crippen molar-refractivity contribution < 1.29 is 18.4 Å². The lowest BCUT2D eigenvalue weighted by molar-refractivity contribution is 0.230. The van der Waals surface area contributed by atoms with E-state index in [9.17, 15) is 9.18 Å². The Morgan fingerprint density at radius 3 is 2.79 bits per heavy atom. The van der Waals surface area contributed by atoms with Gasteiger partial charge in [-0.05, 0) is 55.8 Å². The number of nitrogens with zero attached hydrogens (tertiary/aromatic N) is 2. The zero-order chi connectivity index (χ0) is 19.9. The van der Waals surface area contributed by atoms with Crippen molar-refractivity contribution in [3.05, 3.63) is 65.8 Å². The summed E-state index contributed by atoms with van der Waals surface area (Å²) in [4.78, 5) is 16.2. The third kappa shape index (κ3) is 5.29. The molecule has 3 rings (SSSR count). The molecule has 1 unspecified atom stereocenters. The first-order valence-corrected chi connectivity index (χ1v) is 8.84. The standard InChI is InChI=1S/C20H21FN4O3/c1-13-4-3-5-17(12-13)27-11-10-22-20(26)23-14(2)19-24-18(25-28-19)15-6-8-16(21)9-7-15/h3-9,12,14H,10-11H2,1-2H3,(H2,22,23,26). The molecule has 0 saturated carbocycles. The van der Waals surface area contributed by atoms with Crippen LogP contribution in [0.2, 0.25) is 0 Å². The average molecular weight is 384 g/mol. The van der Waals surface area contributed by atoms with Gasteiger partial charge in [0.05, 0.1) is 6.54 Å². The second-order valence-corrected chi connectivity index (χ2v) is 6.25. The number of nitrogens with one attached hydrogen (secondary N) is 2. The van der Waals surface area contributed by atoms with Gasteiger partial charge in [0.25, 0.3) is 0 Å². The number of rotatable bonds is 7. The number of benzene rings is 2. The predicted octanol–water partition coefficient (Wildman–Crippen LogP) is 3.62. The van der Waals surface area contributed by atoms with Crippen molar-refractivity contribution in [3.63, 3.8) is 0 Å². The Kier molecular flexibility index (Phi) is 6.21. The molecule has 3 aromatic rings. The number of hydrogen-bond donors (Lipinski definition) is 2. The third-order valence-corrected chi connectivity index (χ3v) is 3.91. The smallest absolute Gasteiger partial charge is 0.315 e. The molecule has 2 aromatic carbocycles. The fourth-order valence-electron chi connectivity index (χ4n) is 2.48. The first-order valence-electron chi connectivity index (χ1n) is 8.84. The summed E-state index contributed by atoms with van der Waals surface area (Å²) in [6, 6.07) is 12.6. The molecule has 0 aliphatic carbocycles. The Labute approximate surface area is 161 Å². The third-order valence-electron chi connectivity index (χ3n) is 3.91. The number of ether oxygens (including phenoxy) is 1. The molecular formula is C20H21FN4O3. The van der Waals surface area contributed by atoms with Crippen LogP contribution < -0.4 is 15.4 Å². The first-order chi connectivity index (χ1) is 13.5. The zero-order valence-electron chi connectivity index (χ0n) is 15.6. The summed E-state index contributed by atoms with van der Waals surface area (Å²) in [5, 5.41) is 9.28. The van der Waals surface area contributed by atoms with Gasteiger partial charge in [-0.1, -0.05) is 17.3 Å². The Morgan fingerprint density at radius 1 is 1.25 bits per heavy atom. The van der Waals surface area contributed by atoms with E-state index in [1.807, 2.05) is 31.2 Å².